The molecular weight excluding hydrogens is 490 g/mol. The molecule has 3 aromatic rings. The van der Waals surface area contributed by atoms with Gasteiger partial charge in [0.15, 0.2) is 5.17 Å². The van der Waals surface area contributed by atoms with Gasteiger partial charge in [0, 0.05) is 17.3 Å². The Kier molecular flexibility index (Phi) is 6.77. The molecule has 9 nitrogen and oxygen atoms in total. The van der Waals surface area contributed by atoms with Crippen LogP contribution in [-0.2, 0) is 9.59 Å². The molecule has 4 rings (SSSR count). The van der Waals surface area contributed by atoms with E-state index in [0.717, 1.165) is 16.5 Å². The number of amides is 3. The fourth-order valence-corrected chi connectivity index (χ4v) is 4.21. The lowest BCUT2D eigenvalue weighted by Crippen LogP contribution is -2.51. The Balaban J connectivity index is 1.53. The van der Waals surface area contributed by atoms with Gasteiger partial charge in [-0.25, -0.2) is 9.79 Å². The highest BCUT2D eigenvalue weighted by Crippen LogP contribution is 2.33. The minimum absolute atomic E-state index is 0.290. The first-order valence-electron chi connectivity index (χ1n) is 10.4. The number of hydrogen-bond acceptors (Lipinski definition) is 6. The number of thioether (sulfide) groups is 1. The van der Waals surface area contributed by atoms with Crippen molar-refractivity contribution in [3.8, 4) is 0 Å². The molecule has 1 saturated heterocycles. The van der Waals surface area contributed by atoms with Crippen LogP contribution in [0.15, 0.2) is 64.6 Å². The fraction of sp³-hybridized carbons (Fsp3) is 0.125. The van der Waals surface area contributed by atoms with Crippen LogP contribution >= 0.6 is 23.4 Å². The predicted molar refractivity (Wildman–Crippen MR) is 138 cm³/mol. The number of amidine groups is 1. The number of hydrogen-bond donors (Lipinski definition) is 4. The summed E-state index contributed by atoms with van der Waals surface area (Å²) in [4.78, 5) is 45.1. The zero-order valence-corrected chi connectivity index (χ0v) is 20.2. The fourth-order valence-electron chi connectivity index (χ4n) is 3.21. The zero-order valence-electron chi connectivity index (χ0n) is 18.6. The summed E-state index contributed by atoms with van der Waals surface area (Å²) in [5.41, 5.74) is 1.06. The number of nitrogens with one attached hydrogen (secondary N) is 3. The average molecular weight is 510 g/mol. The minimum atomic E-state index is -1.36. The standard InChI is InChI=1S/C24H20ClN5O4S/c1-24(2,30-23(33)34)21(32)27-15-6-7-16(25)18(12-15)28-22-29-20(31)19(35-22)11-13-5-8-17-14(10-13)4-3-9-26-17/h3-12,30H,1-2H3,(H,27,32)(H,33,34)(H,28,29,31). The number of carbonyl (C=O) groups excluding carboxylic acids is 2. The number of benzene rings is 2. The Morgan fingerprint density at radius 3 is 2.77 bits per heavy atom. The van der Waals surface area contributed by atoms with Crippen LogP contribution in [0, 0.1) is 0 Å². The summed E-state index contributed by atoms with van der Waals surface area (Å²) in [6.07, 6.45) is 2.18. The number of nitrogens with zero attached hydrogens (tertiary/aromatic N) is 2. The van der Waals surface area contributed by atoms with E-state index < -0.39 is 17.5 Å². The highest BCUT2D eigenvalue weighted by Gasteiger charge is 2.29. The Bertz CT molecular complexity index is 1420. The van der Waals surface area contributed by atoms with Gasteiger partial charge in [0.2, 0.25) is 5.91 Å². The molecule has 2 heterocycles. The first-order valence-corrected chi connectivity index (χ1v) is 11.6. The molecule has 3 amide bonds. The number of carboxylic acid groups (broad SMARTS) is 1. The van der Waals surface area contributed by atoms with E-state index in [1.54, 1.807) is 24.4 Å². The number of aromatic nitrogens is 1. The Labute approximate surface area is 209 Å². The van der Waals surface area contributed by atoms with Crippen molar-refractivity contribution in [3.63, 3.8) is 0 Å². The number of aliphatic imine (C=N–C) groups is 1. The van der Waals surface area contributed by atoms with Crippen molar-refractivity contribution in [3.05, 3.63) is 70.2 Å². The van der Waals surface area contributed by atoms with Gasteiger partial charge in [-0.1, -0.05) is 23.7 Å². The molecule has 1 aromatic heterocycles. The number of rotatable bonds is 5. The third-order valence-electron chi connectivity index (χ3n) is 4.99. The van der Waals surface area contributed by atoms with Gasteiger partial charge in [-0.15, -0.1) is 0 Å². The molecule has 35 heavy (non-hydrogen) atoms. The van der Waals surface area contributed by atoms with Crippen molar-refractivity contribution in [2.45, 2.75) is 19.4 Å². The average Bonchev–Trinajstić information content (AvgIpc) is 3.13. The van der Waals surface area contributed by atoms with Gasteiger partial charge in [-0.05, 0) is 73.6 Å². The van der Waals surface area contributed by atoms with Crippen molar-refractivity contribution in [1.29, 1.82) is 0 Å². The van der Waals surface area contributed by atoms with Crippen molar-refractivity contribution >= 4 is 74.8 Å². The lowest BCUT2D eigenvalue weighted by atomic mass is 10.0. The van der Waals surface area contributed by atoms with Crippen LogP contribution in [0.1, 0.15) is 19.4 Å². The van der Waals surface area contributed by atoms with Crippen LogP contribution in [-0.4, -0.2) is 38.7 Å². The van der Waals surface area contributed by atoms with Crippen LogP contribution in [0.3, 0.4) is 0 Å². The van der Waals surface area contributed by atoms with Crippen molar-refractivity contribution < 1.29 is 19.5 Å². The van der Waals surface area contributed by atoms with E-state index in [4.69, 9.17) is 16.7 Å². The largest absolute Gasteiger partial charge is 0.465 e. The van der Waals surface area contributed by atoms with Gasteiger partial charge < -0.3 is 21.1 Å². The monoisotopic (exact) mass is 509 g/mol. The van der Waals surface area contributed by atoms with Crippen LogP contribution < -0.4 is 16.0 Å². The number of pyridine rings is 1. The second kappa shape index (κ2) is 9.77. The van der Waals surface area contributed by atoms with Gasteiger partial charge in [-0.3, -0.25) is 14.6 Å². The normalized spacial score (nSPS) is 15.9. The molecule has 0 atom stereocenters. The summed E-state index contributed by atoms with van der Waals surface area (Å²) in [7, 11) is 0. The lowest BCUT2D eigenvalue weighted by Gasteiger charge is -2.23. The molecule has 4 N–H and O–H groups in total. The van der Waals surface area contributed by atoms with Crippen molar-refractivity contribution in [1.82, 2.24) is 15.6 Å². The van der Waals surface area contributed by atoms with Gasteiger partial charge in [0.1, 0.15) is 5.54 Å². The third-order valence-corrected chi connectivity index (χ3v) is 6.22. The molecule has 0 radical (unpaired) electrons. The van der Waals surface area contributed by atoms with Crippen LogP contribution in [0.5, 0.6) is 0 Å². The second-order valence-electron chi connectivity index (χ2n) is 8.11. The number of carbonyl (C=O) groups is 3. The molecule has 1 aliphatic rings. The third kappa shape index (κ3) is 5.79. The Morgan fingerprint density at radius 1 is 1.20 bits per heavy atom. The smallest absolute Gasteiger partial charge is 0.405 e. The first-order chi connectivity index (χ1) is 16.6. The van der Waals surface area contributed by atoms with Gasteiger partial charge >= 0.3 is 6.09 Å². The van der Waals surface area contributed by atoms with Crippen LogP contribution in [0.2, 0.25) is 5.02 Å². The molecule has 2 aromatic carbocycles. The summed E-state index contributed by atoms with van der Waals surface area (Å²) < 4.78 is 0. The lowest BCUT2D eigenvalue weighted by molar-refractivity contribution is -0.121. The molecule has 0 bridgehead atoms. The molecule has 0 saturated carbocycles. The topological polar surface area (TPSA) is 133 Å². The molecule has 1 fully saturated rings. The van der Waals surface area contributed by atoms with E-state index in [0.29, 0.717) is 26.5 Å². The van der Waals surface area contributed by atoms with E-state index >= 15 is 0 Å². The maximum Gasteiger partial charge on any atom is 0.405 e. The summed E-state index contributed by atoms with van der Waals surface area (Å²) in [6.45, 7) is 2.89. The Morgan fingerprint density at radius 2 is 2.00 bits per heavy atom. The van der Waals surface area contributed by atoms with Gasteiger partial charge in [0.05, 0.1) is 21.1 Å². The zero-order chi connectivity index (χ0) is 25.2. The molecule has 0 aliphatic carbocycles. The number of anilines is 1. The quantitative estimate of drug-likeness (QED) is 0.366. The number of halogens is 1. The first kappa shape index (κ1) is 24.2. The summed E-state index contributed by atoms with van der Waals surface area (Å²) in [6, 6.07) is 14.2. The van der Waals surface area contributed by atoms with E-state index in [1.165, 1.54) is 31.7 Å². The van der Waals surface area contributed by atoms with Gasteiger partial charge in [0.25, 0.3) is 5.91 Å². The van der Waals surface area contributed by atoms with Crippen molar-refractivity contribution in [2.24, 2.45) is 4.99 Å². The van der Waals surface area contributed by atoms with Gasteiger partial charge in [-0.2, -0.15) is 0 Å². The maximum absolute atomic E-state index is 12.5. The maximum atomic E-state index is 12.5. The second-order valence-corrected chi connectivity index (χ2v) is 9.55. The van der Waals surface area contributed by atoms with E-state index in [9.17, 15) is 14.4 Å². The molecule has 0 unspecified atom stereocenters. The Hall–Kier alpha value is -3.89. The highest BCUT2D eigenvalue weighted by molar-refractivity contribution is 8.18. The summed E-state index contributed by atoms with van der Waals surface area (Å²) >= 11 is 7.44. The molecule has 11 heteroatoms. The van der Waals surface area contributed by atoms with Crippen LogP contribution in [0.25, 0.3) is 17.0 Å². The van der Waals surface area contributed by atoms with Crippen LogP contribution in [0.4, 0.5) is 16.2 Å². The van der Waals surface area contributed by atoms with E-state index in [2.05, 4.69) is 25.9 Å². The molecule has 1 aliphatic heterocycles. The highest BCUT2D eigenvalue weighted by atomic mass is 35.5. The van der Waals surface area contributed by atoms with Crippen molar-refractivity contribution in [2.75, 3.05) is 5.32 Å². The predicted octanol–water partition coefficient (Wildman–Crippen LogP) is 4.76. The summed E-state index contributed by atoms with van der Waals surface area (Å²) in [5, 5.41) is 18.0. The molecular formula is C24H20ClN5O4S. The molecule has 0 spiro atoms. The minimum Gasteiger partial charge on any atom is -0.465 e. The SMILES string of the molecule is CC(C)(NC(=O)O)C(=O)Nc1ccc(Cl)c(N=C2NC(=O)C(=Cc3ccc4ncccc4c3)S2)c1. The summed E-state index contributed by atoms with van der Waals surface area (Å²) in [5.74, 6) is -0.845. The van der Waals surface area contributed by atoms with E-state index in [-0.39, 0.29) is 5.91 Å². The van der Waals surface area contributed by atoms with E-state index in [1.807, 2.05) is 30.3 Å². The number of fused-ring (bicyclic) bond motifs is 1. The molecule has 178 valence electrons.